The first-order valence-electron chi connectivity index (χ1n) is 5.90. The molecule has 1 aliphatic carbocycles. The summed E-state index contributed by atoms with van der Waals surface area (Å²) < 4.78 is 0. The average molecular weight is 234 g/mol. The zero-order valence-corrected chi connectivity index (χ0v) is 10.5. The number of thioether (sulfide) groups is 1. The zero-order chi connectivity index (χ0) is 11.2. The Bertz CT molecular complexity index is 342. The Hall–Kier alpha value is -0.830. The number of rotatable bonds is 3. The van der Waals surface area contributed by atoms with Gasteiger partial charge in [0, 0.05) is 6.20 Å². The fourth-order valence-corrected chi connectivity index (χ4v) is 2.80. The largest absolute Gasteiger partial charge is 0.262 e. The second kappa shape index (κ2) is 6.04. The second-order valence-corrected chi connectivity index (χ2v) is 5.15. The van der Waals surface area contributed by atoms with Gasteiger partial charge in [0.05, 0.1) is 16.9 Å². The number of nitrogens with zero attached hydrogens (tertiary/aromatic N) is 2. The van der Waals surface area contributed by atoms with E-state index < -0.39 is 0 Å². The third-order valence-corrected chi connectivity index (χ3v) is 3.80. The molecular formula is C13H18N2S. The van der Waals surface area contributed by atoms with Gasteiger partial charge in [-0.25, -0.2) is 4.99 Å². The molecule has 0 bridgehead atoms. The molecule has 0 amide bonds. The van der Waals surface area contributed by atoms with Crippen LogP contribution in [-0.2, 0) is 0 Å². The predicted octanol–water partition coefficient (Wildman–Crippen LogP) is 4.05. The maximum absolute atomic E-state index is 4.66. The maximum Gasteiger partial charge on any atom is 0.0822 e. The first-order chi connectivity index (χ1) is 7.88. The molecule has 2 nitrogen and oxygen atoms in total. The van der Waals surface area contributed by atoms with Gasteiger partial charge in [0.25, 0.3) is 0 Å². The molecular weight excluding hydrogens is 216 g/mol. The van der Waals surface area contributed by atoms with Crippen molar-refractivity contribution in [3.05, 3.63) is 24.5 Å². The van der Waals surface area contributed by atoms with E-state index in [4.69, 9.17) is 0 Å². The standard InChI is InChI=1S/C13H18N2S/c1-16-13(9-11-5-2-3-6-11)15-12-7-4-8-14-10-12/h4,7-8,10-11H,2-3,5-6,9H2,1H3/b15-13-. The predicted molar refractivity (Wildman–Crippen MR) is 71.4 cm³/mol. The average Bonchev–Trinajstić information content (AvgIpc) is 2.82. The Labute approximate surface area is 102 Å². The Kier molecular flexibility index (Phi) is 4.40. The van der Waals surface area contributed by atoms with Gasteiger partial charge in [0.2, 0.25) is 0 Å². The molecule has 0 saturated heterocycles. The number of hydrogen-bond acceptors (Lipinski definition) is 3. The van der Waals surface area contributed by atoms with Gasteiger partial charge in [-0.1, -0.05) is 25.7 Å². The van der Waals surface area contributed by atoms with Crippen LogP contribution in [0.2, 0.25) is 0 Å². The number of pyridine rings is 1. The van der Waals surface area contributed by atoms with E-state index in [2.05, 4.69) is 16.2 Å². The van der Waals surface area contributed by atoms with Gasteiger partial charge in [0.15, 0.2) is 0 Å². The van der Waals surface area contributed by atoms with E-state index in [9.17, 15) is 0 Å². The summed E-state index contributed by atoms with van der Waals surface area (Å²) in [6.45, 7) is 0. The molecule has 0 N–H and O–H groups in total. The molecule has 1 fully saturated rings. The van der Waals surface area contributed by atoms with Gasteiger partial charge in [-0.3, -0.25) is 4.98 Å². The lowest BCUT2D eigenvalue weighted by molar-refractivity contribution is 0.576. The van der Waals surface area contributed by atoms with E-state index in [0.717, 1.165) is 18.0 Å². The van der Waals surface area contributed by atoms with E-state index >= 15 is 0 Å². The molecule has 86 valence electrons. The maximum atomic E-state index is 4.66. The van der Waals surface area contributed by atoms with E-state index in [1.807, 2.05) is 18.3 Å². The van der Waals surface area contributed by atoms with Gasteiger partial charge < -0.3 is 0 Å². The highest BCUT2D eigenvalue weighted by atomic mass is 32.2. The third-order valence-electron chi connectivity index (χ3n) is 3.07. The van der Waals surface area contributed by atoms with Crippen molar-refractivity contribution < 1.29 is 0 Å². The molecule has 1 heterocycles. The topological polar surface area (TPSA) is 25.2 Å². The van der Waals surface area contributed by atoms with Crippen LogP contribution >= 0.6 is 11.8 Å². The van der Waals surface area contributed by atoms with Gasteiger partial charge in [0.1, 0.15) is 0 Å². The number of hydrogen-bond donors (Lipinski definition) is 0. The molecule has 0 unspecified atom stereocenters. The van der Waals surface area contributed by atoms with Gasteiger partial charge >= 0.3 is 0 Å². The highest BCUT2D eigenvalue weighted by Crippen LogP contribution is 2.30. The van der Waals surface area contributed by atoms with E-state index in [-0.39, 0.29) is 0 Å². The molecule has 0 aromatic carbocycles. The molecule has 1 saturated carbocycles. The lowest BCUT2D eigenvalue weighted by Gasteiger charge is -2.09. The molecule has 0 atom stereocenters. The van der Waals surface area contributed by atoms with Gasteiger partial charge in [-0.2, -0.15) is 0 Å². The molecule has 3 heteroatoms. The minimum absolute atomic E-state index is 0.864. The number of aliphatic imine (C=N–C) groups is 1. The summed E-state index contributed by atoms with van der Waals surface area (Å²) in [5.41, 5.74) is 0.977. The fourth-order valence-electron chi connectivity index (χ4n) is 2.20. The van der Waals surface area contributed by atoms with Crippen molar-refractivity contribution in [2.75, 3.05) is 6.26 Å². The Morgan fingerprint density at radius 1 is 1.50 bits per heavy atom. The van der Waals surface area contributed by atoms with Gasteiger partial charge in [-0.05, 0) is 30.7 Å². The van der Waals surface area contributed by atoms with Crippen LogP contribution in [0.5, 0.6) is 0 Å². The zero-order valence-electron chi connectivity index (χ0n) is 9.72. The van der Waals surface area contributed by atoms with Crippen molar-refractivity contribution in [2.45, 2.75) is 32.1 Å². The normalized spacial score (nSPS) is 17.9. The highest BCUT2D eigenvalue weighted by molar-refractivity contribution is 8.13. The van der Waals surface area contributed by atoms with E-state index in [1.165, 1.54) is 30.7 Å². The summed E-state index contributed by atoms with van der Waals surface area (Å²) in [5.74, 6) is 0.864. The van der Waals surface area contributed by atoms with Crippen LogP contribution in [0, 0.1) is 5.92 Å². The molecule has 1 aromatic heterocycles. The van der Waals surface area contributed by atoms with E-state index in [1.54, 1.807) is 18.0 Å². The highest BCUT2D eigenvalue weighted by Gasteiger charge is 2.16. The van der Waals surface area contributed by atoms with Crippen LogP contribution in [-0.4, -0.2) is 16.3 Å². The molecule has 0 aliphatic heterocycles. The third kappa shape index (κ3) is 3.34. The van der Waals surface area contributed by atoms with Crippen molar-refractivity contribution in [1.29, 1.82) is 0 Å². The Balaban J connectivity index is 2.01. The fraction of sp³-hybridized carbons (Fsp3) is 0.538. The first kappa shape index (κ1) is 11.6. The summed E-state index contributed by atoms with van der Waals surface area (Å²) in [6, 6.07) is 3.95. The summed E-state index contributed by atoms with van der Waals surface area (Å²) in [4.78, 5) is 8.75. The Morgan fingerprint density at radius 3 is 2.94 bits per heavy atom. The molecule has 2 rings (SSSR count). The molecule has 0 spiro atoms. The molecule has 1 aliphatic rings. The summed E-state index contributed by atoms with van der Waals surface area (Å²) in [7, 11) is 0. The molecule has 0 radical (unpaired) electrons. The number of aromatic nitrogens is 1. The van der Waals surface area contributed by atoms with Crippen molar-refractivity contribution in [1.82, 2.24) is 4.98 Å². The lowest BCUT2D eigenvalue weighted by atomic mass is 10.1. The molecule has 16 heavy (non-hydrogen) atoms. The molecule has 1 aromatic rings. The summed E-state index contributed by atoms with van der Waals surface area (Å²) in [5, 5.41) is 1.25. The van der Waals surface area contributed by atoms with Crippen LogP contribution < -0.4 is 0 Å². The summed E-state index contributed by atoms with van der Waals surface area (Å²) >= 11 is 1.77. The van der Waals surface area contributed by atoms with Crippen LogP contribution in [0.25, 0.3) is 0 Å². The van der Waals surface area contributed by atoms with E-state index in [0.29, 0.717) is 0 Å². The van der Waals surface area contributed by atoms with Crippen LogP contribution in [0.15, 0.2) is 29.5 Å². The van der Waals surface area contributed by atoms with Crippen LogP contribution in [0.4, 0.5) is 5.69 Å². The van der Waals surface area contributed by atoms with Crippen molar-refractivity contribution in [2.24, 2.45) is 10.9 Å². The van der Waals surface area contributed by atoms with Gasteiger partial charge in [-0.15, -0.1) is 11.8 Å². The Morgan fingerprint density at radius 2 is 2.31 bits per heavy atom. The van der Waals surface area contributed by atoms with Crippen LogP contribution in [0.1, 0.15) is 32.1 Å². The minimum atomic E-state index is 0.864. The van der Waals surface area contributed by atoms with Crippen LogP contribution in [0.3, 0.4) is 0 Å². The van der Waals surface area contributed by atoms with Crippen molar-refractivity contribution in [3.63, 3.8) is 0 Å². The lowest BCUT2D eigenvalue weighted by Crippen LogP contribution is -2.01. The quantitative estimate of drug-likeness (QED) is 0.582. The monoisotopic (exact) mass is 234 g/mol. The smallest absolute Gasteiger partial charge is 0.0822 e. The second-order valence-electron chi connectivity index (χ2n) is 4.28. The first-order valence-corrected chi connectivity index (χ1v) is 7.12. The SMILES string of the molecule is CS/C(CC1CCCC1)=N\c1cccnc1. The minimum Gasteiger partial charge on any atom is -0.262 e. The van der Waals surface area contributed by atoms with Crippen molar-refractivity contribution in [3.8, 4) is 0 Å². The summed E-state index contributed by atoms with van der Waals surface area (Å²) in [6.07, 6.45) is 12.4. The van der Waals surface area contributed by atoms with Crippen molar-refractivity contribution >= 4 is 22.5 Å².